The van der Waals surface area contributed by atoms with Crippen molar-refractivity contribution in [1.82, 2.24) is 14.0 Å². The van der Waals surface area contributed by atoms with Crippen LogP contribution in [0.1, 0.15) is 35.5 Å². The molecule has 0 amide bonds. The summed E-state index contributed by atoms with van der Waals surface area (Å²) in [5.41, 5.74) is -0.613. The molecule has 2 rings (SSSR count). The van der Waals surface area contributed by atoms with E-state index in [4.69, 9.17) is 23.2 Å². The molecule has 0 aliphatic rings. The molecule has 2 aromatic rings. The van der Waals surface area contributed by atoms with E-state index in [1.165, 1.54) is 29.8 Å². The molecule has 0 saturated carbocycles. The standard InChI is InChI=1S/C18H21Cl2N3O3/c1-5-23(6-2)10-14-15(17(25)22(4)18(26)21(14)3)16(24)12-8-7-11(19)9-13(12)20/h7-9H,5-6,10H2,1-4H3. The van der Waals surface area contributed by atoms with Gasteiger partial charge in [0.1, 0.15) is 5.56 Å². The monoisotopic (exact) mass is 397 g/mol. The van der Waals surface area contributed by atoms with E-state index in [1.54, 1.807) is 7.05 Å². The van der Waals surface area contributed by atoms with Gasteiger partial charge >= 0.3 is 5.69 Å². The molecule has 0 spiro atoms. The molecule has 0 bridgehead atoms. The Morgan fingerprint density at radius 3 is 2.23 bits per heavy atom. The van der Waals surface area contributed by atoms with E-state index in [9.17, 15) is 14.4 Å². The van der Waals surface area contributed by atoms with Crippen LogP contribution >= 0.6 is 23.2 Å². The zero-order valence-electron chi connectivity index (χ0n) is 15.2. The summed E-state index contributed by atoms with van der Waals surface area (Å²) in [6.45, 7) is 5.69. The van der Waals surface area contributed by atoms with E-state index in [0.29, 0.717) is 17.3 Å². The van der Waals surface area contributed by atoms with E-state index >= 15 is 0 Å². The summed E-state index contributed by atoms with van der Waals surface area (Å²) in [6.07, 6.45) is 0. The Bertz CT molecular complexity index is 959. The van der Waals surface area contributed by atoms with Crippen molar-refractivity contribution >= 4 is 29.0 Å². The highest BCUT2D eigenvalue weighted by atomic mass is 35.5. The molecule has 0 aliphatic carbocycles. The van der Waals surface area contributed by atoms with Gasteiger partial charge in [-0.3, -0.25) is 23.6 Å². The lowest BCUT2D eigenvalue weighted by atomic mass is 10.0. The first kappa shape index (κ1) is 20.4. The number of halogens is 2. The van der Waals surface area contributed by atoms with Crippen LogP contribution in [-0.2, 0) is 20.6 Å². The van der Waals surface area contributed by atoms with Gasteiger partial charge in [-0.1, -0.05) is 37.0 Å². The lowest BCUT2D eigenvalue weighted by molar-refractivity contribution is 0.103. The quantitative estimate of drug-likeness (QED) is 0.702. The van der Waals surface area contributed by atoms with Crippen molar-refractivity contribution in [2.45, 2.75) is 20.4 Å². The van der Waals surface area contributed by atoms with Gasteiger partial charge in [0.25, 0.3) is 5.56 Å². The van der Waals surface area contributed by atoms with Crippen LogP contribution in [0.3, 0.4) is 0 Å². The summed E-state index contributed by atoms with van der Waals surface area (Å²) in [4.78, 5) is 40.2. The van der Waals surface area contributed by atoms with Crippen molar-refractivity contribution in [3.05, 3.63) is 65.9 Å². The van der Waals surface area contributed by atoms with Crippen molar-refractivity contribution in [1.29, 1.82) is 0 Å². The van der Waals surface area contributed by atoms with E-state index in [1.807, 2.05) is 18.7 Å². The third kappa shape index (κ3) is 3.77. The van der Waals surface area contributed by atoms with Crippen molar-refractivity contribution in [3.8, 4) is 0 Å². The molecular weight excluding hydrogens is 377 g/mol. The predicted molar refractivity (Wildman–Crippen MR) is 103 cm³/mol. The Morgan fingerprint density at radius 2 is 1.69 bits per heavy atom. The lowest BCUT2D eigenvalue weighted by Gasteiger charge is -2.22. The number of benzene rings is 1. The first-order chi connectivity index (χ1) is 12.2. The second-order valence-corrected chi connectivity index (χ2v) is 6.79. The van der Waals surface area contributed by atoms with Crippen molar-refractivity contribution in [2.75, 3.05) is 13.1 Å². The van der Waals surface area contributed by atoms with Gasteiger partial charge in [0.2, 0.25) is 5.78 Å². The smallest absolute Gasteiger partial charge is 0.299 e. The number of rotatable bonds is 6. The summed E-state index contributed by atoms with van der Waals surface area (Å²) in [5.74, 6) is -0.523. The molecule has 6 nitrogen and oxygen atoms in total. The van der Waals surface area contributed by atoms with E-state index in [2.05, 4.69) is 0 Å². The van der Waals surface area contributed by atoms with Gasteiger partial charge in [-0.15, -0.1) is 0 Å². The summed E-state index contributed by atoms with van der Waals surface area (Å²) < 4.78 is 2.28. The molecule has 0 fully saturated rings. The molecule has 0 aliphatic heterocycles. The number of ketones is 1. The van der Waals surface area contributed by atoms with Crippen LogP contribution < -0.4 is 11.2 Å². The van der Waals surface area contributed by atoms with Crippen LogP contribution in [0.15, 0.2) is 27.8 Å². The zero-order chi connectivity index (χ0) is 19.6. The summed E-state index contributed by atoms with van der Waals surface area (Å²) in [6, 6.07) is 4.47. The van der Waals surface area contributed by atoms with Crippen LogP contribution in [0.5, 0.6) is 0 Å². The Hall–Kier alpha value is -1.89. The topological polar surface area (TPSA) is 64.3 Å². The number of aromatic nitrogens is 2. The Kier molecular flexibility index (Phi) is 6.44. The number of carbonyl (C=O) groups excluding carboxylic acids is 1. The fraction of sp³-hybridized carbons (Fsp3) is 0.389. The second-order valence-electron chi connectivity index (χ2n) is 5.94. The molecule has 0 saturated heterocycles. The predicted octanol–water partition coefficient (Wildman–Crippen LogP) is 2.46. The molecular formula is C18H21Cl2N3O3. The minimum Gasteiger partial charge on any atom is -0.299 e. The normalized spacial score (nSPS) is 11.2. The second kappa shape index (κ2) is 8.20. The highest BCUT2D eigenvalue weighted by Crippen LogP contribution is 2.23. The maximum absolute atomic E-state index is 13.1. The van der Waals surface area contributed by atoms with E-state index < -0.39 is 17.0 Å². The molecule has 26 heavy (non-hydrogen) atoms. The van der Waals surface area contributed by atoms with Crippen molar-refractivity contribution in [2.24, 2.45) is 14.1 Å². The van der Waals surface area contributed by atoms with Gasteiger partial charge in [-0.2, -0.15) is 0 Å². The molecule has 0 atom stereocenters. The largest absolute Gasteiger partial charge is 0.330 e. The average Bonchev–Trinajstić information content (AvgIpc) is 2.61. The van der Waals surface area contributed by atoms with Crippen LogP contribution in [0.4, 0.5) is 0 Å². The van der Waals surface area contributed by atoms with Gasteiger partial charge in [0, 0.05) is 31.2 Å². The maximum atomic E-state index is 13.1. The van der Waals surface area contributed by atoms with Crippen molar-refractivity contribution in [3.63, 3.8) is 0 Å². The molecule has 1 heterocycles. The van der Waals surface area contributed by atoms with Crippen molar-refractivity contribution < 1.29 is 4.79 Å². The summed E-state index contributed by atoms with van der Waals surface area (Å²) >= 11 is 12.1. The van der Waals surface area contributed by atoms with Crippen LogP contribution in [0.2, 0.25) is 10.0 Å². The highest BCUT2D eigenvalue weighted by Gasteiger charge is 2.25. The zero-order valence-corrected chi connectivity index (χ0v) is 16.7. The number of hydrogen-bond acceptors (Lipinski definition) is 4. The molecule has 0 N–H and O–H groups in total. The summed E-state index contributed by atoms with van der Waals surface area (Å²) in [5, 5.41) is 0.551. The highest BCUT2D eigenvalue weighted by molar-refractivity contribution is 6.37. The fourth-order valence-corrected chi connectivity index (χ4v) is 3.26. The maximum Gasteiger partial charge on any atom is 0.330 e. The SMILES string of the molecule is CCN(CC)Cc1c(C(=O)c2ccc(Cl)cc2Cl)c(=O)n(C)c(=O)n1C. The molecule has 1 aromatic carbocycles. The van der Waals surface area contributed by atoms with Gasteiger partial charge in [0.05, 0.1) is 10.7 Å². The average molecular weight is 398 g/mol. The Labute approximate surface area is 161 Å². The molecule has 140 valence electrons. The summed E-state index contributed by atoms with van der Waals surface area (Å²) in [7, 11) is 2.91. The van der Waals surface area contributed by atoms with Crippen LogP contribution in [-0.4, -0.2) is 32.9 Å². The third-order valence-corrected chi connectivity index (χ3v) is 5.00. The molecule has 8 heteroatoms. The van der Waals surface area contributed by atoms with Gasteiger partial charge in [-0.05, 0) is 31.3 Å². The first-order valence-corrected chi connectivity index (χ1v) is 8.99. The lowest BCUT2D eigenvalue weighted by Crippen LogP contribution is -2.43. The first-order valence-electron chi connectivity index (χ1n) is 8.23. The fourth-order valence-electron chi connectivity index (χ4n) is 2.77. The molecule has 0 radical (unpaired) electrons. The van der Waals surface area contributed by atoms with Crippen LogP contribution in [0.25, 0.3) is 0 Å². The van der Waals surface area contributed by atoms with Gasteiger partial charge < -0.3 is 0 Å². The number of hydrogen-bond donors (Lipinski definition) is 0. The Morgan fingerprint density at radius 1 is 1.08 bits per heavy atom. The van der Waals surface area contributed by atoms with Gasteiger partial charge in [0.15, 0.2) is 0 Å². The third-order valence-electron chi connectivity index (χ3n) is 4.46. The Balaban J connectivity index is 2.75. The van der Waals surface area contributed by atoms with E-state index in [0.717, 1.165) is 17.7 Å². The van der Waals surface area contributed by atoms with Crippen LogP contribution in [0, 0.1) is 0 Å². The van der Waals surface area contributed by atoms with E-state index in [-0.39, 0.29) is 16.1 Å². The molecule has 1 aromatic heterocycles. The van der Waals surface area contributed by atoms with Gasteiger partial charge in [-0.25, -0.2) is 4.79 Å². The number of nitrogens with zero attached hydrogens (tertiary/aromatic N) is 3. The minimum absolute atomic E-state index is 0.0503. The number of carbonyl (C=O) groups is 1. The minimum atomic E-state index is -0.633. The molecule has 0 unspecified atom stereocenters.